The number of rotatable bonds is 4. The van der Waals surface area contributed by atoms with Crippen molar-refractivity contribution in [1.29, 1.82) is 0 Å². The first-order chi connectivity index (χ1) is 9.08. The molecule has 1 aromatic heterocycles. The lowest BCUT2D eigenvalue weighted by Crippen LogP contribution is -2.35. The highest BCUT2D eigenvalue weighted by molar-refractivity contribution is 5.85. The van der Waals surface area contributed by atoms with E-state index in [0.717, 1.165) is 16.9 Å². The fraction of sp³-hybridized carbons (Fsp3) is 0.267. The van der Waals surface area contributed by atoms with Crippen molar-refractivity contribution in [3.8, 4) is 0 Å². The third kappa shape index (κ3) is 3.85. The molecular weight excluding hydrogens is 276 g/mol. The minimum atomic E-state index is -0.638. The van der Waals surface area contributed by atoms with Crippen molar-refractivity contribution in [3.05, 3.63) is 59.5 Å². The van der Waals surface area contributed by atoms with E-state index in [-0.39, 0.29) is 18.3 Å². The molecule has 0 aliphatic carbocycles. The molecule has 0 fully saturated rings. The lowest BCUT2D eigenvalue weighted by atomic mass is 10.0. The van der Waals surface area contributed by atoms with Crippen LogP contribution in [0.3, 0.4) is 0 Å². The Morgan fingerprint density at radius 1 is 1.30 bits per heavy atom. The molecule has 1 aromatic carbocycles. The molecule has 20 heavy (non-hydrogen) atoms. The first kappa shape index (κ1) is 16.3. The zero-order valence-corrected chi connectivity index (χ0v) is 12.4. The Morgan fingerprint density at radius 3 is 2.50 bits per heavy atom. The maximum absolute atomic E-state index is 12.2. The van der Waals surface area contributed by atoms with Gasteiger partial charge in [0.2, 0.25) is 5.91 Å². The molecule has 2 N–H and O–H groups in total. The average Bonchev–Trinajstić information content (AvgIpc) is 2.90. The van der Waals surface area contributed by atoms with E-state index in [0.29, 0.717) is 6.54 Å². The van der Waals surface area contributed by atoms with Crippen molar-refractivity contribution < 1.29 is 9.21 Å². The van der Waals surface area contributed by atoms with E-state index >= 15 is 0 Å². The Kier molecular flexibility index (Phi) is 5.80. The fourth-order valence-corrected chi connectivity index (χ4v) is 1.87. The molecule has 4 nitrogen and oxygen atoms in total. The molecular formula is C15H19ClN2O2. The van der Waals surface area contributed by atoms with Gasteiger partial charge in [0, 0.05) is 7.05 Å². The third-order valence-corrected chi connectivity index (χ3v) is 3.05. The number of benzene rings is 1. The first-order valence-electron chi connectivity index (χ1n) is 6.17. The van der Waals surface area contributed by atoms with Gasteiger partial charge in [0.25, 0.3) is 0 Å². The molecule has 2 aromatic rings. The van der Waals surface area contributed by atoms with Crippen LogP contribution in [0, 0.1) is 6.92 Å². The van der Waals surface area contributed by atoms with E-state index in [1.54, 1.807) is 24.3 Å². The number of halogens is 1. The van der Waals surface area contributed by atoms with E-state index in [9.17, 15) is 4.79 Å². The Labute approximate surface area is 125 Å². The number of nitrogens with two attached hydrogens (primary N) is 1. The standard InChI is InChI=1S/C15H18N2O2.ClH/c1-11-5-7-12(8-6-11)14(16)15(18)17(2)10-13-4-3-9-19-13;/h3-9,14H,10,16H2,1-2H3;1H. The number of carbonyl (C=O) groups is 1. The van der Waals surface area contributed by atoms with Crippen molar-refractivity contribution in [2.45, 2.75) is 19.5 Å². The van der Waals surface area contributed by atoms with Crippen LogP contribution in [0.1, 0.15) is 22.9 Å². The molecule has 1 unspecified atom stereocenters. The Morgan fingerprint density at radius 2 is 1.95 bits per heavy atom. The third-order valence-electron chi connectivity index (χ3n) is 3.05. The van der Waals surface area contributed by atoms with Gasteiger partial charge in [0.05, 0.1) is 12.8 Å². The molecule has 0 spiro atoms. The molecule has 108 valence electrons. The predicted molar refractivity (Wildman–Crippen MR) is 80.5 cm³/mol. The maximum atomic E-state index is 12.2. The molecule has 2 rings (SSSR count). The van der Waals surface area contributed by atoms with Crippen LogP contribution >= 0.6 is 12.4 Å². The van der Waals surface area contributed by atoms with Crippen LogP contribution in [0.2, 0.25) is 0 Å². The van der Waals surface area contributed by atoms with Gasteiger partial charge in [-0.25, -0.2) is 0 Å². The van der Waals surface area contributed by atoms with Gasteiger partial charge in [-0.15, -0.1) is 12.4 Å². The zero-order valence-electron chi connectivity index (χ0n) is 11.6. The second-order valence-corrected chi connectivity index (χ2v) is 4.66. The molecule has 0 radical (unpaired) electrons. The van der Waals surface area contributed by atoms with Crippen molar-refractivity contribution in [1.82, 2.24) is 4.90 Å². The largest absolute Gasteiger partial charge is 0.467 e. The normalized spacial score (nSPS) is 11.6. The summed E-state index contributed by atoms with van der Waals surface area (Å²) in [4.78, 5) is 13.8. The van der Waals surface area contributed by atoms with Gasteiger partial charge in [0.1, 0.15) is 11.8 Å². The maximum Gasteiger partial charge on any atom is 0.244 e. The van der Waals surface area contributed by atoms with E-state index in [1.165, 1.54) is 0 Å². The van der Waals surface area contributed by atoms with Crippen molar-refractivity contribution >= 4 is 18.3 Å². The summed E-state index contributed by atoms with van der Waals surface area (Å²) in [6.07, 6.45) is 1.59. The van der Waals surface area contributed by atoms with Gasteiger partial charge in [-0.2, -0.15) is 0 Å². The molecule has 0 aliphatic rings. The van der Waals surface area contributed by atoms with E-state index < -0.39 is 6.04 Å². The van der Waals surface area contributed by atoms with Crippen LogP contribution in [0.4, 0.5) is 0 Å². The quantitative estimate of drug-likeness (QED) is 0.943. The topological polar surface area (TPSA) is 59.5 Å². The lowest BCUT2D eigenvalue weighted by molar-refractivity contribution is -0.132. The second-order valence-electron chi connectivity index (χ2n) is 4.66. The van der Waals surface area contributed by atoms with Crippen LogP contribution in [-0.2, 0) is 11.3 Å². The minimum Gasteiger partial charge on any atom is -0.467 e. The first-order valence-corrected chi connectivity index (χ1v) is 6.17. The molecule has 5 heteroatoms. The zero-order chi connectivity index (χ0) is 13.8. The van der Waals surface area contributed by atoms with Gasteiger partial charge in [-0.1, -0.05) is 29.8 Å². The van der Waals surface area contributed by atoms with Crippen LogP contribution in [0.15, 0.2) is 47.1 Å². The Bertz CT molecular complexity index is 538. The summed E-state index contributed by atoms with van der Waals surface area (Å²) in [6, 6.07) is 10.7. The van der Waals surface area contributed by atoms with Gasteiger partial charge in [-0.3, -0.25) is 4.79 Å². The van der Waals surface area contributed by atoms with Crippen LogP contribution in [0.5, 0.6) is 0 Å². The molecule has 0 aliphatic heterocycles. The molecule has 1 atom stereocenters. The minimum absolute atomic E-state index is 0. The monoisotopic (exact) mass is 294 g/mol. The highest BCUT2D eigenvalue weighted by Crippen LogP contribution is 2.15. The molecule has 0 bridgehead atoms. The molecule has 0 saturated heterocycles. The van der Waals surface area contributed by atoms with E-state index in [4.69, 9.17) is 10.2 Å². The smallest absolute Gasteiger partial charge is 0.244 e. The van der Waals surface area contributed by atoms with E-state index in [1.807, 2.05) is 37.3 Å². The number of aryl methyl sites for hydroxylation is 1. The van der Waals surface area contributed by atoms with E-state index in [2.05, 4.69) is 0 Å². The Hall–Kier alpha value is -1.78. The summed E-state index contributed by atoms with van der Waals surface area (Å²) in [6.45, 7) is 2.42. The number of furan rings is 1. The number of hydrogen-bond donors (Lipinski definition) is 1. The predicted octanol–water partition coefficient (Wildman–Crippen LogP) is 2.67. The SMILES string of the molecule is Cc1ccc(C(N)C(=O)N(C)Cc2ccco2)cc1.Cl. The summed E-state index contributed by atoms with van der Waals surface area (Å²) in [5.41, 5.74) is 7.96. The average molecular weight is 295 g/mol. The summed E-state index contributed by atoms with van der Waals surface area (Å²) in [7, 11) is 1.72. The summed E-state index contributed by atoms with van der Waals surface area (Å²) in [5, 5.41) is 0. The fourth-order valence-electron chi connectivity index (χ4n) is 1.87. The second kappa shape index (κ2) is 7.12. The van der Waals surface area contributed by atoms with Crippen molar-refractivity contribution in [2.24, 2.45) is 5.73 Å². The van der Waals surface area contributed by atoms with Gasteiger partial charge in [0.15, 0.2) is 0 Å². The molecule has 0 saturated carbocycles. The van der Waals surface area contributed by atoms with Gasteiger partial charge in [-0.05, 0) is 24.6 Å². The van der Waals surface area contributed by atoms with Crippen molar-refractivity contribution in [3.63, 3.8) is 0 Å². The van der Waals surface area contributed by atoms with Crippen molar-refractivity contribution in [2.75, 3.05) is 7.05 Å². The lowest BCUT2D eigenvalue weighted by Gasteiger charge is -2.20. The van der Waals surface area contributed by atoms with Crippen LogP contribution in [-0.4, -0.2) is 17.9 Å². The summed E-state index contributed by atoms with van der Waals surface area (Å²) >= 11 is 0. The summed E-state index contributed by atoms with van der Waals surface area (Å²) < 4.78 is 5.22. The molecule has 1 amide bonds. The number of nitrogens with zero attached hydrogens (tertiary/aromatic N) is 1. The number of likely N-dealkylation sites (N-methyl/N-ethyl adjacent to an activating group) is 1. The van der Waals surface area contributed by atoms with Crippen LogP contribution in [0.25, 0.3) is 0 Å². The molecule has 1 heterocycles. The highest BCUT2D eigenvalue weighted by atomic mass is 35.5. The number of hydrogen-bond acceptors (Lipinski definition) is 3. The van der Waals surface area contributed by atoms with Gasteiger partial charge < -0.3 is 15.1 Å². The van der Waals surface area contributed by atoms with Crippen LogP contribution < -0.4 is 5.73 Å². The Balaban J connectivity index is 0.00000200. The summed E-state index contributed by atoms with van der Waals surface area (Å²) in [5.74, 6) is 0.618. The van der Waals surface area contributed by atoms with Gasteiger partial charge >= 0.3 is 0 Å². The number of carbonyl (C=O) groups excluding carboxylic acids is 1. The highest BCUT2D eigenvalue weighted by Gasteiger charge is 2.20. The number of amides is 1.